The van der Waals surface area contributed by atoms with E-state index in [4.69, 9.17) is 9.84 Å². The third kappa shape index (κ3) is 7.69. The molecule has 0 bridgehead atoms. The topological polar surface area (TPSA) is 32.7 Å². The first-order valence-corrected chi connectivity index (χ1v) is 11.3. The van der Waals surface area contributed by atoms with Gasteiger partial charge in [-0.1, -0.05) is 121 Å². The molecule has 4 aromatic rings. The average Bonchev–Trinajstić information content (AvgIpc) is 2.87. The maximum Gasteiger partial charge on any atom is 0.109 e. The van der Waals surface area contributed by atoms with Crippen molar-refractivity contribution in [3.8, 4) is 0 Å². The SMILES string of the molecule is CN(C)CCO.c1ccc(C(OC(c2ccccc2)c2ccccc2)c2ccccc2)cc1. The molecule has 0 aromatic heterocycles. The molecular formula is C30H33NO2. The Kier molecular flexibility index (Phi) is 9.86. The highest BCUT2D eigenvalue weighted by molar-refractivity contribution is 5.33. The molecule has 0 saturated heterocycles. The zero-order valence-electron chi connectivity index (χ0n) is 19.4. The van der Waals surface area contributed by atoms with E-state index >= 15 is 0 Å². The number of aliphatic hydroxyl groups is 1. The first-order chi connectivity index (χ1) is 16.2. The van der Waals surface area contributed by atoms with Crippen molar-refractivity contribution < 1.29 is 9.84 Å². The van der Waals surface area contributed by atoms with Crippen LogP contribution in [0.25, 0.3) is 0 Å². The van der Waals surface area contributed by atoms with E-state index in [1.807, 2.05) is 43.3 Å². The van der Waals surface area contributed by atoms with Crippen molar-refractivity contribution in [1.82, 2.24) is 4.90 Å². The van der Waals surface area contributed by atoms with Crippen LogP contribution in [0.5, 0.6) is 0 Å². The van der Waals surface area contributed by atoms with Gasteiger partial charge in [0.2, 0.25) is 0 Å². The molecule has 0 radical (unpaired) electrons. The lowest BCUT2D eigenvalue weighted by atomic mass is 9.98. The van der Waals surface area contributed by atoms with E-state index < -0.39 is 0 Å². The molecule has 0 fully saturated rings. The molecule has 3 nitrogen and oxygen atoms in total. The van der Waals surface area contributed by atoms with Crippen molar-refractivity contribution in [2.24, 2.45) is 0 Å². The van der Waals surface area contributed by atoms with Gasteiger partial charge in [0.15, 0.2) is 0 Å². The summed E-state index contributed by atoms with van der Waals surface area (Å²) in [6.07, 6.45) is -0.282. The fourth-order valence-corrected chi connectivity index (χ4v) is 3.55. The van der Waals surface area contributed by atoms with Crippen molar-refractivity contribution >= 4 is 0 Å². The summed E-state index contributed by atoms with van der Waals surface area (Å²) in [6, 6.07) is 41.7. The highest BCUT2D eigenvalue weighted by Gasteiger charge is 2.22. The lowest BCUT2D eigenvalue weighted by Crippen LogP contribution is -2.15. The first-order valence-electron chi connectivity index (χ1n) is 11.3. The summed E-state index contributed by atoms with van der Waals surface area (Å²) >= 11 is 0. The fraction of sp³-hybridized carbons (Fsp3) is 0.200. The molecule has 0 atom stereocenters. The Morgan fingerprint density at radius 1 is 0.545 bits per heavy atom. The van der Waals surface area contributed by atoms with E-state index in [1.165, 1.54) is 0 Å². The molecule has 0 aliphatic rings. The molecule has 0 aliphatic carbocycles. The van der Waals surface area contributed by atoms with Gasteiger partial charge in [0, 0.05) is 6.54 Å². The summed E-state index contributed by atoms with van der Waals surface area (Å²) in [6.45, 7) is 1.02. The maximum atomic E-state index is 8.20. The quantitative estimate of drug-likeness (QED) is 0.359. The molecule has 170 valence electrons. The number of aliphatic hydroxyl groups excluding tert-OH is 1. The molecule has 0 amide bonds. The van der Waals surface area contributed by atoms with E-state index in [9.17, 15) is 0 Å². The summed E-state index contributed by atoms with van der Waals surface area (Å²) in [4.78, 5) is 1.93. The molecule has 3 heteroatoms. The minimum absolute atomic E-state index is 0.141. The Hall–Kier alpha value is -3.24. The van der Waals surface area contributed by atoms with Gasteiger partial charge >= 0.3 is 0 Å². The normalized spacial score (nSPS) is 10.8. The van der Waals surface area contributed by atoms with Crippen molar-refractivity contribution in [3.05, 3.63) is 144 Å². The predicted molar refractivity (Wildman–Crippen MR) is 136 cm³/mol. The Balaban J connectivity index is 0.000000454. The number of nitrogens with zero attached hydrogens (tertiary/aromatic N) is 1. The van der Waals surface area contributed by atoms with Gasteiger partial charge in [-0.15, -0.1) is 0 Å². The molecule has 0 unspecified atom stereocenters. The standard InChI is InChI=1S/C26H22O.C4H11NO/c1-5-13-21(14-6-1)25(22-15-7-2-8-16-22)27-26(23-17-9-3-10-18-23)24-19-11-4-12-20-24;1-5(2)3-4-6/h1-20,25-26H;6H,3-4H2,1-2H3. The Morgan fingerprint density at radius 2 is 0.818 bits per heavy atom. The second-order valence-corrected chi connectivity index (χ2v) is 8.07. The summed E-state index contributed by atoms with van der Waals surface area (Å²) in [7, 11) is 3.85. The van der Waals surface area contributed by atoms with Gasteiger partial charge in [0.1, 0.15) is 12.2 Å². The summed E-state index contributed by atoms with van der Waals surface area (Å²) < 4.78 is 6.79. The van der Waals surface area contributed by atoms with Gasteiger partial charge in [-0.05, 0) is 36.3 Å². The molecule has 0 aliphatic heterocycles. The van der Waals surface area contributed by atoms with Crippen LogP contribution in [0.4, 0.5) is 0 Å². The van der Waals surface area contributed by atoms with Crippen LogP contribution < -0.4 is 0 Å². The predicted octanol–water partition coefficient (Wildman–Crippen LogP) is 6.12. The van der Waals surface area contributed by atoms with Gasteiger partial charge in [-0.2, -0.15) is 0 Å². The fourth-order valence-electron chi connectivity index (χ4n) is 3.55. The van der Waals surface area contributed by atoms with Crippen LogP contribution in [0, 0.1) is 0 Å². The first kappa shape index (κ1) is 24.4. The van der Waals surface area contributed by atoms with E-state index in [-0.39, 0.29) is 18.8 Å². The van der Waals surface area contributed by atoms with Crippen LogP contribution in [0.15, 0.2) is 121 Å². The van der Waals surface area contributed by atoms with Gasteiger partial charge in [-0.25, -0.2) is 0 Å². The van der Waals surface area contributed by atoms with Crippen LogP contribution in [-0.2, 0) is 4.74 Å². The lowest BCUT2D eigenvalue weighted by Gasteiger charge is -2.26. The monoisotopic (exact) mass is 439 g/mol. The zero-order valence-corrected chi connectivity index (χ0v) is 19.4. The zero-order chi connectivity index (χ0) is 23.3. The minimum Gasteiger partial charge on any atom is -0.395 e. The van der Waals surface area contributed by atoms with Gasteiger partial charge < -0.3 is 14.7 Å². The van der Waals surface area contributed by atoms with E-state index in [1.54, 1.807) is 0 Å². The molecule has 4 rings (SSSR count). The van der Waals surface area contributed by atoms with Crippen LogP contribution in [0.1, 0.15) is 34.5 Å². The van der Waals surface area contributed by atoms with Crippen LogP contribution >= 0.6 is 0 Å². The number of rotatable bonds is 8. The molecular weight excluding hydrogens is 406 g/mol. The molecule has 1 N–H and O–H groups in total. The Bertz CT molecular complexity index is 862. The highest BCUT2D eigenvalue weighted by Crippen LogP contribution is 2.35. The second kappa shape index (κ2) is 13.3. The number of ether oxygens (including phenoxy) is 1. The largest absolute Gasteiger partial charge is 0.395 e. The van der Waals surface area contributed by atoms with Crippen LogP contribution in [0.3, 0.4) is 0 Å². The van der Waals surface area contributed by atoms with Gasteiger partial charge in [0.25, 0.3) is 0 Å². The van der Waals surface area contributed by atoms with Crippen molar-refractivity contribution in [1.29, 1.82) is 0 Å². The molecule has 33 heavy (non-hydrogen) atoms. The Labute approximate surface area is 197 Å². The number of benzene rings is 4. The Morgan fingerprint density at radius 3 is 1.00 bits per heavy atom. The maximum absolute atomic E-state index is 8.20. The third-order valence-corrected chi connectivity index (χ3v) is 5.23. The van der Waals surface area contributed by atoms with Crippen molar-refractivity contribution in [2.75, 3.05) is 27.2 Å². The van der Waals surface area contributed by atoms with Crippen LogP contribution in [0.2, 0.25) is 0 Å². The van der Waals surface area contributed by atoms with Gasteiger partial charge in [0.05, 0.1) is 6.61 Å². The summed E-state index contributed by atoms with van der Waals surface area (Å²) in [5.41, 5.74) is 4.61. The van der Waals surface area contributed by atoms with Gasteiger partial charge in [-0.3, -0.25) is 0 Å². The second-order valence-electron chi connectivity index (χ2n) is 8.07. The highest BCUT2D eigenvalue weighted by atomic mass is 16.5. The number of hydrogen-bond acceptors (Lipinski definition) is 3. The third-order valence-electron chi connectivity index (χ3n) is 5.23. The number of hydrogen-bond donors (Lipinski definition) is 1. The smallest absolute Gasteiger partial charge is 0.109 e. The van der Waals surface area contributed by atoms with Crippen molar-refractivity contribution in [2.45, 2.75) is 12.2 Å². The van der Waals surface area contributed by atoms with Crippen molar-refractivity contribution in [3.63, 3.8) is 0 Å². The summed E-state index contributed by atoms with van der Waals surface area (Å²) in [5, 5.41) is 8.20. The van der Waals surface area contributed by atoms with E-state index in [2.05, 4.69) is 97.1 Å². The van der Waals surface area contributed by atoms with E-state index in [0.717, 1.165) is 28.8 Å². The molecule has 0 saturated carbocycles. The van der Waals surface area contributed by atoms with Crippen LogP contribution in [-0.4, -0.2) is 37.3 Å². The average molecular weight is 440 g/mol. The minimum atomic E-state index is -0.141. The molecule has 4 aromatic carbocycles. The molecule has 0 spiro atoms. The number of likely N-dealkylation sites (N-methyl/N-ethyl adjacent to an activating group) is 1. The van der Waals surface area contributed by atoms with E-state index in [0.29, 0.717) is 0 Å². The molecule has 0 heterocycles. The summed E-state index contributed by atoms with van der Waals surface area (Å²) in [5.74, 6) is 0. The lowest BCUT2D eigenvalue weighted by molar-refractivity contribution is 0.0308.